The van der Waals surface area contributed by atoms with Crippen molar-refractivity contribution in [3.05, 3.63) is 83.9 Å². The lowest BCUT2D eigenvalue weighted by Crippen LogP contribution is -2.49. The summed E-state index contributed by atoms with van der Waals surface area (Å²) in [4.78, 5) is 0. The van der Waals surface area contributed by atoms with Crippen molar-refractivity contribution in [2.75, 3.05) is 0 Å². The Morgan fingerprint density at radius 3 is 1.50 bits per heavy atom. The molecule has 0 aliphatic heterocycles. The number of phenols is 2. The van der Waals surface area contributed by atoms with E-state index in [1.54, 1.807) is 12.1 Å². The Labute approximate surface area is 188 Å². The van der Waals surface area contributed by atoms with Gasteiger partial charge in [-0.15, -0.1) is 0 Å². The minimum absolute atomic E-state index is 0.319. The van der Waals surface area contributed by atoms with Crippen LogP contribution in [0.1, 0.15) is 36.8 Å². The molecule has 4 aromatic rings. The molecule has 0 spiro atoms. The molecule has 164 valence electrons. The van der Waals surface area contributed by atoms with Gasteiger partial charge in [0.15, 0.2) is 0 Å². The lowest BCUT2D eigenvalue weighted by molar-refractivity contribution is 0.280. The fourth-order valence-electron chi connectivity index (χ4n) is 5.11. The van der Waals surface area contributed by atoms with E-state index in [1.807, 2.05) is 36.4 Å². The van der Waals surface area contributed by atoms with Crippen LogP contribution >= 0.6 is 0 Å². The molecule has 2 atom stereocenters. The van der Waals surface area contributed by atoms with E-state index < -0.39 is 0 Å². The van der Waals surface area contributed by atoms with Gasteiger partial charge in [-0.2, -0.15) is 0 Å². The molecule has 0 unspecified atom stereocenters. The summed E-state index contributed by atoms with van der Waals surface area (Å²) in [7, 11) is 0. The second kappa shape index (κ2) is 9.19. The van der Waals surface area contributed by atoms with Crippen molar-refractivity contribution in [3.63, 3.8) is 0 Å². The summed E-state index contributed by atoms with van der Waals surface area (Å²) in [5.41, 5.74) is 1.92. The standard InChI is InChI=1S/C28H30N2O2/c31-27-15-13-19-7-1-3-9-21(19)23(27)17-29-25-11-5-6-12-26(25)30-18-24-22-10-4-2-8-20(22)14-16-28(24)32/h1-4,7-10,13-16,25-26,29-32H,5-6,11-12,17-18H2/t25-,26-/m1/s1. The Morgan fingerprint density at radius 2 is 1.03 bits per heavy atom. The molecule has 0 bridgehead atoms. The molecule has 4 heteroatoms. The zero-order valence-corrected chi connectivity index (χ0v) is 18.2. The SMILES string of the molecule is Oc1ccc2ccccc2c1CN[C@@H]1CCCC[C@H]1NCc1c(O)ccc2ccccc12. The second-order valence-electron chi connectivity index (χ2n) is 8.83. The highest BCUT2D eigenvalue weighted by Gasteiger charge is 2.25. The van der Waals surface area contributed by atoms with Gasteiger partial charge in [0.2, 0.25) is 0 Å². The topological polar surface area (TPSA) is 64.5 Å². The molecular weight excluding hydrogens is 396 g/mol. The third kappa shape index (κ3) is 4.16. The average Bonchev–Trinajstić information content (AvgIpc) is 2.83. The van der Waals surface area contributed by atoms with Crippen molar-refractivity contribution in [1.29, 1.82) is 0 Å². The number of rotatable bonds is 6. The van der Waals surface area contributed by atoms with Gasteiger partial charge < -0.3 is 20.8 Å². The molecule has 0 aromatic heterocycles. The van der Waals surface area contributed by atoms with E-state index in [-0.39, 0.29) is 0 Å². The first-order chi connectivity index (χ1) is 15.7. The van der Waals surface area contributed by atoms with E-state index >= 15 is 0 Å². The van der Waals surface area contributed by atoms with Crippen molar-refractivity contribution in [2.45, 2.75) is 50.9 Å². The number of hydrogen-bond acceptors (Lipinski definition) is 4. The van der Waals surface area contributed by atoms with Gasteiger partial charge in [0.1, 0.15) is 11.5 Å². The number of benzene rings is 4. The molecule has 5 rings (SSSR count). The molecule has 0 radical (unpaired) electrons. The number of nitrogens with one attached hydrogen (secondary N) is 2. The van der Waals surface area contributed by atoms with E-state index in [0.717, 1.165) is 45.5 Å². The molecule has 4 N–H and O–H groups in total. The smallest absolute Gasteiger partial charge is 0.120 e. The summed E-state index contributed by atoms with van der Waals surface area (Å²) in [5, 5.41) is 32.9. The first kappa shape index (κ1) is 20.8. The minimum atomic E-state index is 0.319. The normalized spacial score (nSPS) is 18.9. The van der Waals surface area contributed by atoms with Gasteiger partial charge in [-0.25, -0.2) is 0 Å². The van der Waals surface area contributed by atoms with Crippen LogP contribution in [0.4, 0.5) is 0 Å². The van der Waals surface area contributed by atoms with Crippen molar-refractivity contribution in [3.8, 4) is 11.5 Å². The summed E-state index contributed by atoms with van der Waals surface area (Å²) in [6.07, 6.45) is 4.61. The fraction of sp³-hybridized carbons (Fsp3) is 0.286. The number of aromatic hydroxyl groups is 2. The van der Waals surface area contributed by atoms with Crippen LogP contribution in [0.25, 0.3) is 21.5 Å². The zero-order chi connectivity index (χ0) is 21.9. The summed E-state index contributed by atoms with van der Waals surface area (Å²) < 4.78 is 0. The van der Waals surface area contributed by atoms with Crippen LogP contribution in [0.15, 0.2) is 72.8 Å². The van der Waals surface area contributed by atoms with Crippen LogP contribution in [0, 0.1) is 0 Å². The highest BCUT2D eigenvalue weighted by Crippen LogP contribution is 2.29. The third-order valence-electron chi connectivity index (χ3n) is 6.88. The molecule has 4 aromatic carbocycles. The summed E-state index contributed by atoms with van der Waals surface area (Å²) >= 11 is 0. The Morgan fingerprint density at radius 1 is 0.594 bits per heavy atom. The van der Waals surface area contributed by atoms with E-state index in [9.17, 15) is 10.2 Å². The van der Waals surface area contributed by atoms with Crippen LogP contribution in [0.3, 0.4) is 0 Å². The van der Waals surface area contributed by atoms with Gasteiger partial charge in [0.05, 0.1) is 0 Å². The average molecular weight is 427 g/mol. The molecule has 1 fully saturated rings. The van der Waals surface area contributed by atoms with E-state index in [0.29, 0.717) is 36.7 Å². The predicted molar refractivity (Wildman–Crippen MR) is 131 cm³/mol. The molecule has 0 amide bonds. The fourth-order valence-corrected chi connectivity index (χ4v) is 5.11. The molecule has 0 heterocycles. The van der Waals surface area contributed by atoms with Gasteiger partial charge in [-0.05, 0) is 46.5 Å². The largest absolute Gasteiger partial charge is 0.508 e. The van der Waals surface area contributed by atoms with Gasteiger partial charge in [0.25, 0.3) is 0 Å². The molecule has 32 heavy (non-hydrogen) atoms. The molecular formula is C28H30N2O2. The predicted octanol–water partition coefficient (Wildman–Crippen LogP) is 5.59. The van der Waals surface area contributed by atoms with Crippen LogP contribution in [0.5, 0.6) is 11.5 Å². The Hall–Kier alpha value is -3.08. The quantitative estimate of drug-likeness (QED) is 0.324. The first-order valence-corrected chi connectivity index (χ1v) is 11.6. The lowest BCUT2D eigenvalue weighted by Gasteiger charge is -2.33. The van der Waals surface area contributed by atoms with E-state index in [2.05, 4.69) is 34.9 Å². The number of hydrogen-bond donors (Lipinski definition) is 4. The molecule has 4 nitrogen and oxygen atoms in total. The Bertz CT molecular complexity index is 1140. The second-order valence-corrected chi connectivity index (χ2v) is 8.83. The summed E-state index contributed by atoms with van der Waals surface area (Å²) in [6.45, 7) is 1.27. The van der Waals surface area contributed by atoms with Crippen LogP contribution in [0.2, 0.25) is 0 Å². The summed E-state index contributed by atoms with van der Waals surface area (Å²) in [6, 6.07) is 24.6. The maximum atomic E-state index is 10.5. The zero-order valence-electron chi connectivity index (χ0n) is 18.2. The molecule has 0 saturated heterocycles. The summed E-state index contributed by atoms with van der Waals surface area (Å²) in [5.74, 6) is 0.689. The maximum absolute atomic E-state index is 10.5. The molecule has 1 aliphatic carbocycles. The van der Waals surface area contributed by atoms with Gasteiger partial charge in [-0.3, -0.25) is 0 Å². The van der Waals surface area contributed by atoms with E-state index in [1.165, 1.54) is 12.8 Å². The van der Waals surface area contributed by atoms with Crippen LogP contribution in [-0.2, 0) is 13.1 Å². The molecule has 1 saturated carbocycles. The van der Waals surface area contributed by atoms with E-state index in [4.69, 9.17) is 0 Å². The minimum Gasteiger partial charge on any atom is -0.508 e. The van der Waals surface area contributed by atoms with Crippen molar-refractivity contribution in [1.82, 2.24) is 10.6 Å². The van der Waals surface area contributed by atoms with Gasteiger partial charge in [0, 0.05) is 36.3 Å². The monoisotopic (exact) mass is 426 g/mol. The van der Waals surface area contributed by atoms with Crippen molar-refractivity contribution >= 4 is 21.5 Å². The van der Waals surface area contributed by atoms with Crippen LogP contribution in [-0.4, -0.2) is 22.3 Å². The Balaban J connectivity index is 1.32. The highest BCUT2D eigenvalue weighted by atomic mass is 16.3. The van der Waals surface area contributed by atoms with Gasteiger partial charge >= 0.3 is 0 Å². The third-order valence-corrected chi connectivity index (χ3v) is 6.88. The maximum Gasteiger partial charge on any atom is 0.120 e. The van der Waals surface area contributed by atoms with Crippen LogP contribution < -0.4 is 10.6 Å². The first-order valence-electron chi connectivity index (χ1n) is 11.6. The number of phenolic OH excluding ortho intramolecular Hbond substituents is 2. The van der Waals surface area contributed by atoms with Crippen molar-refractivity contribution < 1.29 is 10.2 Å². The molecule has 1 aliphatic rings. The van der Waals surface area contributed by atoms with Crippen molar-refractivity contribution in [2.24, 2.45) is 0 Å². The number of fused-ring (bicyclic) bond motifs is 2. The lowest BCUT2D eigenvalue weighted by atomic mass is 9.89. The van der Waals surface area contributed by atoms with Gasteiger partial charge in [-0.1, -0.05) is 73.5 Å². The Kier molecular flexibility index (Phi) is 5.97. The highest BCUT2D eigenvalue weighted by molar-refractivity contribution is 5.88.